The van der Waals surface area contributed by atoms with Gasteiger partial charge in [0.2, 0.25) is 0 Å². The number of benzene rings is 4. The van der Waals surface area contributed by atoms with Crippen molar-refractivity contribution in [2.24, 2.45) is 0 Å². The van der Waals surface area contributed by atoms with E-state index in [9.17, 15) is 0 Å². The molecule has 0 atom stereocenters. The molecule has 0 bridgehead atoms. The van der Waals surface area contributed by atoms with Crippen LogP contribution in [-0.2, 0) is 0 Å². The number of nitrogens with zero attached hydrogens (tertiary/aromatic N) is 2. The molecule has 0 fully saturated rings. The largest absolute Gasteiger partial charge is 0.456 e. The molecule has 0 unspecified atom stereocenters. The minimum Gasteiger partial charge on any atom is -0.456 e. The molecular weight excluding hydrogens is 380 g/mol. The van der Waals surface area contributed by atoms with E-state index in [2.05, 4.69) is 89.9 Å². The summed E-state index contributed by atoms with van der Waals surface area (Å²) in [7, 11) is 0. The molecule has 3 heteroatoms. The normalized spacial score (nSPS) is 11.2. The highest BCUT2D eigenvalue weighted by molar-refractivity contribution is 6.19. The second-order valence-corrected chi connectivity index (χ2v) is 7.59. The Labute approximate surface area is 178 Å². The van der Waals surface area contributed by atoms with Gasteiger partial charge in [-0.2, -0.15) is 5.26 Å². The third-order valence-corrected chi connectivity index (χ3v) is 5.79. The van der Waals surface area contributed by atoms with Gasteiger partial charge in [-0.25, -0.2) is 4.98 Å². The van der Waals surface area contributed by atoms with Crippen molar-refractivity contribution in [3.05, 3.63) is 103 Å². The molecule has 0 saturated carbocycles. The highest BCUT2D eigenvalue weighted by atomic mass is 16.3. The van der Waals surface area contributed by atoms with Gasteiger partial charge < -0.3 is 4.42 Å². The Morgan fingerprint density at radius 3 is 2.16 bits per heavy atom. The Morgan fingerprint density at radius 2 is 1.35 bits per heavy atom. The lowest BCUT2D eigenvalue weighted by Crippen LogP contribution is -1.84. The predicted molar refractivity (Wildman–Crippen MR) is 125 cm³/mol. The molecule has 0 spiro atoms. The van der Waals surface area contributed by atoms with Gasteiger partial charge in [0.15, 0.2) is 0 Å². The maximum Gasteiger partial charge on any atom is 0.141 e. The summed E-state index contributed by atoms with van der Waals surface area (Å²) in [5.41, 5.74) is 6.55. The summed E-state index contributed by atoms with van der Waals surface area (Å²) in [6.07, 6.45) is 1.67. The van der Waals surface area contributed by atoms with Crippen LogP contribution in [0, 0.1) is 11.3 Å². The average molecular weight is 396 g/mol. The third-order valence-electron chi connectivity index (χ3n) is 5.79. The van der Waals surface area contributed by atoms with E-state index in [1.165, 1.54) is 10.8 Å². The number of fused-ring (bicyclic) bond motifs is 5. The first kappa shape index (κ1) is 17.4. The Balaban J connectivity index is 1.48. The molecule has 144 valence electrons. The zero-order chi connectivity index (χ0) is 20.8. The lowest BCUT2D eigenvalue weighted by Gasteiger charge is -2.06. The van der Waals surface area contributed by atoms with Crippen LogP contribution in [0.3, 0.4) is 0 Å². The predicted octanol–water partition coefficient (Wildman–Crippen LogP) is 7.34. The first-order chi connectivity index (χ1) is 15.3. The fourth-order valence-electron chi connectivity index (χ4n) is 4.25. The van der Waals surface area contributed by atoms with Gasteiger partial charge in [0.05, 0.1) is 0 Å². The minimum atomic E-state index is 0.422. The van der Waals surface area contributed by atoms with E-state index in [-0.39, 0.29) is 0 Å². The maximum atomic E-state index is 9.09. The molecule has 0 radical (unpaired) electrons. The van der Waals surface area contributed by atoms with Crippen molar-refractivity contribution >= 4 is 32.7 Å². The van der Waals surface area contributed by atoms with E-state index >= 15 is 0 Å². The van der Waals surface area contributed by atoms with Gasteiger partial charge >= 0.3 is 0 Å². The van der Waals surface area contributed by atoms with Crippen molar-refractivity contribution in [2.75, 3.05) is 0 Å². The van der Waals surface area contributed by atoms with Gasteiger partial charge in [-0.05, 0) is 63.4 Å². The Bertz CT molecular complexity index is 1640. The number of aromatic nitrogens is 1. The molecule has 0 amide bonds. The van der Waals surface area contributed by atoms with Crippen LogP contribution < -0.4 is 0 Å². The summed E-state index contributed by atoms with van der Waals surface area (Å²) in [4.78, 5) is 4.05. The SMILES string of the molecule is N#Cc1cc(-c2ccc(-c3ccc4oc5ccc6ccccc6c5c4c3)cc2)ccn1. The molecular formula is C28H16N2O. The van der Waals surface area contributed by atoms with E-state index in [0.717, 1.165) is 44.2 Å². The summed E-state index contributed by atoms with van der Waals surface area (Å²) < 4.78 is 6.12. The van der Waals surface area contributed by atoms with Crippen molar-refractivity contribution in [2.45, 2.75) is 0 Å². The lowest BCUT2D eigenvalue weighted by atomic mass is 9.98. The number of hydrogen-bond acceptors (Lipinski definition) is 3. The van der Waals surface area contributed by atoms with Gasteiger partial charge in [0, 0.05) is 17.0 Å². The van der Waals surface area contributed by atoms with Crippen LogP contribution in [-0.4, -0.2) is 4.98 Å². The second-order valence-electron chi connectivity index (χ2n) is 7.59. The van der Waals surface area contributed by atoms with Crippen LogP contribution in [0.15, 0.2) is 102 Å². The van der Waals surface area contributed by atoms with Gasteiger partial charge in [-0.1, -0.05) is 60.7 Å². The zero-order valence-electron chi connectivity index (χ0n) is 16.5. The first-order valence-corrected chi connectivity index (χ1v) is 10.1. The van der Waals surface area contributed by atoms with E-state index in [4.69, 9.17) is 9.68 Å². The topological polar surface area (TPSA) is 49.8 Å². The van der Waals surface area contributed by atoms with Crippen LogP contribution in [0.25, 0.3) is 55.0 Å². The zero-order valence-corrected chi connectivity index (χ0v) is 16.5. The molecule has 0 saturated heterocycles. The Kier molecular flexibility index (Phi) is 3.84. The van der Waals surface area contributed by atoms with E-state index in [1.807, 2.05) is 12.1 Å². The fourth-order valence-corrected chi connectivity index (χ4v) is 4.25. The van der Waals surface area contributed by atoms with Crippen molar-refractivity contribution in [1.82, 2.24) is 4.98 Å². The van der Waals surface area contributed by atoms with Crippen LogP contribution in [0.2, 0.25) is 0 Å². The number of hydrogen-bond donors (Lipinski definition) is 0. The Hall–Kier alpha value is -4.42. The summed E-state index contributed by atoms with van der Waals surface area (Å²) in [6.45, 7) is 0. The minimum absolute atomic E-state index is 0.422. The summed E-state index contributed by atoms with van der Waals surface area (Å²) in [5.74, 6) is 0. The van der Waals surface area contributed by atoms with Crippen molar-refractivity contribution < 1.29 is 4.42 Å². The lowest BCUT2D eigenvalue weighted by molar-refractivity contribution is 0.669. The summed E-state index contributed by atoms with van der Waals surface area (Å²) >= 11 is 0. The van der Waals surface area contributed by atoms with Gasteiger partial charge in [0.25, 0.3) is 0 Å². The highest BCUT2D eigenvalue weighted by Gasteiger charge is 2.11. The number of pyridine rings is 1. The summed E-state index contributed by atoms with van der Waals surface area (Å²) in [5, 5.41) is 13.8. The highest BCUT2D eigenvalue weighted by Crippen LogP contribution is 2.37. The molecule has 0 N–H and O–H groups in total. The molecule has 4 aromatic carbocycles. The first-order valence-electron chi connectivity index (χ1n) is 10.1. The third kappa shape index (κ3) is 2.86. The van der Waals surface area contributed by atoms with Crippen LogP contribution >= 0.6 is 0 Å². The van der Waals surface area contributed by atoms with E-state index in [1.54, 1.807) is 6.20 Å². The fraction of sp³-hybridized carbons (Fsp3) is 0. The standard InChI is InChI=1S/C28H16N2O/c29-17-23-15-22(13-14-30-23)19-7-5-18(6-8-19)21-10-11-26-25(16-21)28-24-4-2-1-3-20(24)9-12-27(28)31-26/h1-16H. The maximum absolute atomic E-state index is 9.09. The van der Waals surface area contributed by atoms with Crippen LogP contribution in [0.4, 0.5) is 0 Å². The van der Waals surface area contributed by atoms with Gasteiger partial charge in [0.1, 0.15) is 22.9 Å². The molecule has 2 heterocycles. The molecule has 3 nitrogen and oxygen atoms in total. The molecule has 0 aliphatic carbocycles. The van der Waals surface area contributed by atoms with E-state index in [0.29, 0.717) is 5.69 Å². The smallest absolute Gasteiger partial charge is 0.141 e. The monoisotopic (exact) mass is 396 g/mol. The van der Waals surface area contributed by atoms with Gasteiger partial charge in [-0.3, -0.25) is 0 Å². The Morgan fingerprint density at radius 1 is 0.645 bits per heavy atom. The molecule has 0 aliphatic rings. The average Bonchev–Trinajstić information content (AvgIpc) is 3.22. The molecule has 6 rings (SSSR count). The van der Waals surface area contributed by atoms with Crippen molar-refractivity contribution in [3.8, 4) is 28.3 Å². The number of rotatable bonds is 2. The second kappa shape index (κ2) is 6.83. The number of furan rings is 1. The quantitative estimate of drug-likeness (QED) is 0.308. The van der Waals surface area contributed by atoms with Gasteiger partial charge in [-0.15, -0.1) is 0 Å². The number of nitriles is 1. The summed E-state index contributed by atoms with van der Waals surface area (Å²) in [6, 6.07) is 33.2. The molecule has 2 aromatic heterocycles. The molecule has 31 heavy (non-hydrogen) atoms. The van der Waals surface area contributed by atoms with E-state index < -0.39 is 0 Å². The molecule has 6 aromatic rings. The van der Waals surface area contributed by atoms with Crippen LogP contribution in [0.1, 0.15) is 5.69 Å². The molecule has 0 aliphatic heterocycles. The van der Waals surface area contributed by atoms with Crippen molar-refractivity contribution in [3.63, 3.8) is 0 Å². The van der Waals surface area contributed by atoms with Crippen molar-refractivity contribution in [1.29, 1.82) is 5.26 Å². The van der Waals surface area contributed by atoms with Crippen LogP contribution in [0.5, 0.6) is 0 Å².